The fourth-order valence-electron chi connectivity index (χ4n) is 2.24. The van der Waals surface area contributed by atoms with Gasteiger partial charge in [0.2, 0.25) is 0 Å². The molecular weight excluding hydrogens is 242 g/mol. The predicted octanol–water partition coefficient (Wildman–Crippen LogP) is 0.727. The van der Waals surface area contributed by atoms with Crippen LogP contribution in [0.1, 0.15) is 23.3 Å². The zero-order valence-electron chi connectivity index (χ0n) is 9.14. The zero-order chi connectivity index (χ0) is 12.0. The zero-order valence-corrected chi connectivity index (χ0v) is 9.89. The van der Waals surface area contributed by atoms with Crippen molar-refractivity contribution >= 4 is 17.5 Å². The Morgan fingerprint density at radius 1 is 1.47 bits per heavy atom. The lowest BCUT2D eigenvalue weighted by molar-refractivity contribution is -0.0959. The van der Waals surface area contributed by atoms with Crippen LogP contribution in [0.15, 0.2) is 12.4 Å². The van der Waals surface area contributed by atoms with E-state index in [0.29, 0.717) is 19.0 Å². The predicted molar refractivity (Wildman–Crippen MR) is 60.6 cm³/mol. The molecule has 2 fully saturated rings. The maximum Gasteiger partial charge on any atom is 0.274 e. The molecule has 90 valence electrons. The average molecular weight is 254 g/mol. The highest BCUT2D eigenvalue weighted by atomic mass is 35.5. The highest BCUT2D eigenvalue weighted by molar-refractivity contribution is 6.29. The second kappa shape index (κ2) is 3.65. The Morgan fingerprint density at radius 2 is 2.18 bits per heavy atom. The molecule has 6 heteroatoms. The van der Waals surface area contributed by atoms with Crippen LogP contribution in [0.2, 0.25) is 5.15 Å². The number of carbonyl (C=O) groups is 1. The lowest BCUT2D eigenvalue weighted by Crippen LogP contribution is -2.64. The molecule has 1 aliphatic carbocycles. The van der Waals surface area contributed by atoms with E-state index in [0.717, 1.165) is 12.8 Å². The quantitative estimate of drug-likeness (QED) is 0.844. The Morgan fingerprint density at radius 3 is 2.76 bits per heavy atom. The molecule has 1 aliphatic heterocycles. The number of hydrogen-bond donors (Lipinski definition) is 1. The van der Waals surface area contributed by atoms with Crippen molar-refractivity contribution in [2.75, 3.05) is 13.1 Å². The minimum Gasteiger partial charge on any atom is -0.386 e. The summed E-state index contributed by atoms with van der Waals surface area (Å²) in [6.45, 7) is 0.787. The van der Waals surface area contributed by atoms with Gasteiger partial charge in [-0.3, -0.25) is 9.78 Å². The molecule has 5 nitrogen and oxygen atoms in total. The van der Waals surface area contributed by atoms with Gasteiger partial charge in [0.1, 0.15) is 16.4 Å². The second-order valence-corrected chi connectivity index (χ2v) is 5.15. The number of aliphatic hydroxyl groups is 1. The molecule has 0 spiro atoms. The molecule has 1 saturated heterocycles. The van der Waals surface area contributed by atoms with Crippen LogP contribution in [0.25, 0.3) is 0 Å². The van der Waals surface area contributed by atoms with Crippen LogP contribution < -0.4 is 0 Å². The Hall–Kier alpha value is -1.20. The number of rotatable bonds is 2. The van der Waals surface area contributed by atoms with Crippen LogP contribution in [0.5, 0.6) is 0 Å². The summed E-state index contributed by atoms with van der Waals surface area (Å²) in [5.41, 5.74) is -0.433. The number of halogens is 1. The van der Waals surface area contributed by atoms with Crippen LogP contribution in [0, 0.1) is 5.92 Å². The molecule has 0 unspecified atom stereocenters. The lowest BCUT2D eigenvalue weighted by Gasteiger charge is -2.46. The number of likely N-dealkylation sites (tertiary alicyclic amines) is 1. The molecule has 0 aromatic carbocycles. The molecule has 1 aromatic heterocycles. The van der Waals surface area contributed by atoms with Gasteiger partial charge in [0.15, 0.2) is 0 Å². The first-order valence-electron chi connectivity index (χ1n) is 5.58. The molecule has 1 amide bonds. The number of aromatic nitrogens is 2. The Bertz CT molecular complexity index is 470. The van der Waals surface area contributed by atoms with Crippen LogP contribution in [0.4, 0.5) is 0 Å². The van der Waals surface area contributed by atoms with E-state index in [2.05, 4.69) is 9.97 Å². The smallest absolute Gasteiger partial charge is 0.274 e. The van der Waals surface area contributed by atoms with E-state index in [4.69, 9.17) is 11.6 Å². The van der Waals surface area contributed by atoms with Crippen LogP contribution in [-0.2, 0) is 0 Å². The van der Waals surface area contributed by atoms with Crippen molar-refractivity contribution in [1.29, 1.82) is 0 Å². The maximum absolute atomic E-state index is 12.0. The first-order chi connectivity index (χ1) is 8.08. The Balaban J connectivity index is 1.69. The van der Waals surface area contributed by atoms with Crippen molar-refractivity contribution in [3.63, 3.8) is 0 Å². The largest absolute Gasteiger partial charge is 0.386 e. The van der Waals surface area contributed by atoms with E-state index in [1.807, 2.05) is 0 Å². The van der Waals surface area contributed by atoms with Gasteiger partial charge < -0.3 is 10.0 Å². The van der Waals surface area contributed by atoms with Crippen molar-refractivity contribution in [3.05, 3.63) is 23.2 Å². The number of carbonyl (C=O) groups excluding carboxylic acids is 1. The minimum absolute atomic E-state index is 0.203. The monoisotopic (exact) mass is 253 g/mol. The van der Waals surface area contributed by atoms with Gasteiger partial charge in [0.05, 0.1) is 25.5 Å². The number of hydrogen-bond acceptors (Lipinski definition) is 4. The third kappa shape index (κ3) is 1.89. The fraction of sp³-hybridized carbons (Fsp3) is 0.545. The van der Waals surface area contributed by atoms with Gasteiger partial charge in [-0.25, -0.2) is 4.98 Å². The van der Waals surface area contributed by atoms with Crippen molar-refractivity contribution in [3.8, 4) is 0 Å². The molecular formula is C11H12ClN3O2. The summed E-state index contributed by atoms with van der Waals surface area (Å²) < 4.78 is 0. The minimum atomic E-state index is -0.665. The van der Waals surface area contributed by atoms with Gasteiger partial charge in [-0.1, -0.05) is 11.6 Å². The van der Waals surface area contributed by atoms with Crippen LogP contribution in [-0.4, -0.2) is 44.6 Å². The number of nitrogens with zero attached hydrogens (tertiary/aromatic N) is 3. The summed E-state index contributed by atoms with van der Waals surface area (Å²) in [5.74, 6) is 0.155. The molecule has 1 aromatic rings. The van der Waals surface area contributed by atoms with Gasteiger partial charge in [0, 0.05) is 0 Å². The van der Waals surface area contributed by atoms with Crippen molar-refractivity contribution in [1.82, 2.24) is 14.9 Å². The Kier molecular flexibility index (Phi) is 2.34. The van der Waals surface area contributed by atoms with E-state index < -0.39 is 5.60 Å². The molecule has 0 radical (unpaired) electrons. The van der Waals surface area contributed by atoms with Gasteiger partial charge in [-0.2, -0.15) is 0 Å². The average Bonchev–Trinajstić information content (AvgIpc) is 3.08. The highest BCUT2D eigenvalue weighted by Gasteiger charge is 2.53. The summed E-state index contributed by atoms with van der Waals surface area (Å²) in [6.07, 6.45) is 4.91. The first-order valence-corrected chi connectivity index (χ1v) is 5.95. The molecule has 3 rings (SSSR count). The molecule has 0 atom stereocenters. The summed E-state index contributed by atoms with van der Waals surface area (Å²) >= 11 is 5.68. The van der Waals surface area contributed by atoms with E-state index in [1.165, 1.54) is 12.4 Å². The standard InChI is InChI=1S/C11H12ClN3O2/c12-9-4-13-3-8(14-9)10(16)15-5-11(17,6-15)7-1-2-7/h3-4,7,17H,1-2,5-6H2. The van der Waals surface area contributed by atoms with E-state index >= 15 is 0 Å². The Labute approximate surface area is 103 Å². The number of amides is 1. The van der Waals surface area contributed by atoms with E-state index in [1.54, 1.807) is 4.90 Å². The van der Waals surface area contributed by atoms with E-state index in [9.17, 15) is 9.90 Å². The normalized spacial score (nSPS) is 22.1. The third-order valence-corrected chi connectivity index (χ3v) is 3.56. The molecule has 2 aliphatic rings. The number of β-amino-alcohol motifs (C(OH)–C–C–N with tert-alkyl or cyclic N) is 1. The fourth-order valence-corrected chi connectivity index (χ4v) is 2.39. The molecule has 2 heterocycles. The van der Waals surface area contributed by atoms with Crippen molar-refractivity contribution in [2.24, 2.45) is 5.92 Å². The van der Waals surface area contributed by atoms with Crippen LogP contribution >= 0.6 is 11.6 Å². The lowest BCUT2D eigenvalue weighted by atomic mass is 9.88. The first kappa shape index (κ1) is 10.9. The molecule has 1 saturated carbocycles. The summed E-state index contributed by atoms with van der Waals surface area (Å²) in [7, 11) is 0. The summed E-state index contributed by atoms with van der Waals surface area (Å²) in [6, 6.07) is 0. The maximum atomic E-state index is 12.0. The van der Waals surface area contributed by atoms with Crippen LogP contribution in [0.3, 0.4) is 0 Å². The van der Waals surface area contributed by atoms with Crippen molar-refractivity contribution in [2.45, 2.75) is 18.4 Å². The van der Waals surface area contributed by atoms with E-state index in [-0.39, 0.29) is 16.8 Å². The van der Waals surface area contributed by atoms with Gasteiger partial charge >= 0.3 is 0 Å². The summed E-state index contributed by atoms with van der Waals surface area (Å²) in [4.78, 5) is 21.3. The highest BCUT2D eigenvalue weighted by Crippen LogP contribution is 2.44. The molecule has 0 bridgehead atoms. The second-order valence-electron chi connectivity index (χ2n) is 4.77. The topological polar surface area (TPSA) is 66.3 Å². The SMILES string of the molecule is O=C(c1cncc(Cl)n1)N1CC(O)(C2CC2)C1. The van der Waals surface area contributed by atoms with Gasteiger partial charge in [-0.05, 0) is 18.8 Å². The van der Waals surface area contributed by atoms with Crippen molar-refractivity contribution < 1.29 is 9.90 Å². The van der Waals surface area contributed by atoms with Gasteiger partial charge in [0.25, 0.3) is 5.91 Å². The van der Waals surface area contributed by atoms with Gasteiger partial charge in [-0.15, -0.1) is 0 Å². The molecule has 17 heavy (non-hydrogen) atoms. The third-order valence-electron chi connectivity index (χ3n) is 3.38. The summed E-state index contributed by atoms with van der Waals surface area (Å²) in [5, 5.41) is 10.3. The molecule has 1 N–H and O–H groups in total.